The maximum Gasteiger partial charge on any atom is 0.244 e. The van der Waals surface area contributed by atoms with E-state index >= 15 is 0 Å². The second-order valence-corrected chi connectivity index (χ2v) is 6.96. The molecule has 1 aliphatic carbocycles. The molecule has 0 bridgehead atoms. The fourth-order valence-electron chi connectivity index (χ4n) is 3.32. The van der Waals surface area contributed by atoms with Crippen LogP contribution in [0, 0.1) is 6.92 Å². The quantitative estimate of drug-likeness (QED) is 0.827. The lowest BCUT2D eigenvalue weighted by Gasteiger charge is -2.22. The van der Waals surface area contributed by atoms with Gasteiger partial charge in [-0.05, 0) is 36.8 Å². The van der Waals surface area contributed by atoms with Crippen LogP contribution in [0.5, 0.6) is 0 Å². The van der Waals surface area contributed by atoms with Crippen LogP contribution in [-0.2, 0) is 0 Å². The highest BCUT2D eigenvalue weighted by Gasteiger charge is 2.15. The van der Waals surface area contributed by atoms with E-state index in [1.54, 1.807) is 6.20 Å². The molecule has 0 radical (unpaired) electrons. The summed E-state index contributed by atoms with van der Waals surface area (Å²) in [5.74, 6) is 1.80. The molecule has 0 unspecified atom stereocenters. The van der Waals surface area contributed by atoms with Crippen LogP contribution in [0.4, 0.5) is 17.5 Å². The number of anilines is 3. The van der Waals surface area contributed by atoms with E-state index in [0.717, 1.165) is 11.5 Å². The van der Waals surface area contributed by atoms with Crippen molar-refractivity contribution >= 4 is 17.5 Å². The van der Waals surface area contributed by atoms with Crippen LogP contribution < -0.4 is 10.6 Å². The first-order chi connectivity index (χ1) is 11.6. The minimum absolute atomic E-state index is 0.446. The number of hydrogen-bond donors (Lipinski definition) is 2. The first-order valence-electron chi connectivity index (χ1n) is 8.96. The number of nitrogens with one attached hydrogen (secondary N) is 2. The van der Waals surface area contributed by atoms with Crippen molar-refractivity contribution in [3.05, 3.63) is 35.5 Å². The third-order valence-corrected chi connectivity index (χ3v) is 4.68. The standard InChI is InChI=1S/C19H27N5/c1-13(2)16-11-7-8-14(3)18(16)22-17-12-20-24-19(23-17)21-15-9-5-4-6-10-15/h7-8,11-13,15H,4-6,9-10H2,1-3H3,(H2,21,22,23,24). The molecule has 24 heavy (non-hydrogen) atoms. The van der Waals surface area contributed by atoms with Crippen LogP contribution in [0.2, 0.25) is 0 Å². The molecule has 128 valence electrons. The average molecular weight is 325 g/mol. The molecule has 1 saturated carbocycles. The van der Waals surface area contributed by atoms with E-state index in [1.165, 1.54) is 43.2 Å². The van der Waals surface area contributed by atoms with Crippen LogP contribution in [0.3, 0.4) is 0 Å². The normalized spacial score (nSPS) is 15.5. The van der Waals surface area contributed by atoms with Gasteiger partial charge in [-0.1, -0.05) is 51.3 Å². The van der Waals surface area contributed by atoms with E-state index < -0.39 is 0 Å². The van der Waals surface area contributed by atoms with Crippen LogP contribution in [-0.4, -0.2) is 21.2 Å². The Bertz CT molecular complexity index is 677. The van der Waals surface area contributed by atoms with Gasteiger partial charge in [0.15, 0.2) is 5.82 Å². The molecule has 0 amide bonds. The van der Waals surface area contributed by atoms with E-state index in [-0.39, 0.29) is 0 Å². The molecule has 1 aromatic heterocycles. The van der Waals surface area contributed by atoms with E-state index in [0.29, 0.717) is 17.9 Å². The van der Waals surface area contributed by atoms with Gasteiger partial charge in [-0.15, -0.1) is 5.10 Å². The minimum Gasteiger partial charge on any atom is -0.350 e. The summed E-state index contributed by atoms with van der Waals surface area (Å²) >= 11 is 0. The Morgan fingerprint density at radius 1 is 1.12 bits per heavy atom. The maximum absolute atomic E-state index is 4.61. The summed E-state index contributed by atoms with van der Waals surface area (Å²) in [6.45, 7) is 6.52. The molecule has 2 N–H and O–H groups in total. The number of hydrogen-bond acceptors (Lipinski definition) is 5. The van der Waals surface area contributed by atoms with Crippen molar-refractivity contribution in [3.8, 4) is 0 Å². The first-order valence-corrected chi connectivity index (χ1v) is 8.96. The highest BCUT2D eigenvalue weighted by Crippen LogP contribution is 2.29. The van der Waals surface area contributed by atoms with Gasteiger partial charge in [0, 0.05) is 11.7 Å². The second-order valence-electron chi connectivity index (χ2n) is 6.96. The summed E-state index contributed by atoms with van der Waals surface area (Å²) in [6.07, 6.45) is 7.97. The largest absolute Gasteiger partial charge is 0.350 e. The molecule has 1 heterocycles. The maximum atomic E-state index is 4.61. The molecule has 2 aromatic rings. The topological polar surface area (TPSA) is 62.7 Å². The number of benzene rings is 1. The molecule has 0 spiro atoms. The lowest BCUT2D eigenvalue weighted by atomic mass is 9.96. The van der Waals surface area contributed by atoms with Crippen molar-refractivity contribution in [2.45, 2.75) is 64.8 Å². The van der Waals surface area contributed by atoms with Gasteiger partial charge in [-0.3, -0.25) is 0 Å². The molecule has 0 saturated heterocycles. The molecule has 1 aromatic carbocycles. The zero-order valence-corrected chi connectivity index (χ0v) is 14.8. The molecule has 5 heteroatoms. The van der Waals surface area contributed by atoms with Crippen molar-refractivity contribution in [1.29, 1.82) is 0 Å². The summed E-state index contributed by atoms with van der Waals surface area (Å²) in [5.41, 5.74) is 3.62. The lowest BCUT2D eigenvalue weighted by Crippen LogP contribution is -2.23. The fraction of sp³-hybridized carbons (Fsp3) is 0.526. The molecule has 3 rings (SSSR count). The molecule has 1 fully saturated rings. The van der Waals surface area contributed by atoms with Crippen molar-refractivity contribution in [3.63, 3.8) is 0 Å². The van der Waals surface area contributed by atoms with E-state index in [2.05, 4.69) is 64.8 Å². The van der Waals surface area contributed by atoms with Crippen molar-refractivity contribution < 1.29 is 0 Å². The van der Waals surface area contributed by atoms with Crippen LogP contribution in [0.1, 0.15) is 63.0 Å². The van der Waals surface area contributed by atoms with Gasteiger partial charge in [0.1, 0.15) is 0 Å². The number of aromatic nitrogens is 3. The Morgan fingerprint density at radius 2 is 1.92 bits per heavy atom. The first kappa shape index (κ1) is 16.7. The number of nitrogens with zero attached hydrogens (tertiary/aromatic N) is 3. The predicted octanol–water partition coefficient (Wildman–Crippen LogP) is 4.79. The van der Waals surface area contributed by atoms with Gasteiger partial charge < -0.3 is 10.6 Å². The van der Waals surface area contributed by atoms with Gasteiger partial charge in [-0.25, -0.2) is 0 Å². The number of para-hydroxylation sites is 1. The SMILES string of the molecule is Cc1cccc(C(C)C)c1Nc1cnnc(NC2CCCCC2)n1. The summed E-state index contributed by atoms with van der Waals surface area (Å²) in [6, 6.07) is 6.85. The number of aryl methyl sites for hydroxylation is 1. The highest BCUT2D eigenvalue weighted by atomic mass is 15.3. The highest BCUT2D eigenvalue weighted by molar-refractivity contribution is 5.65. The third-order valence-electron chi connectivity index (χ3n) is 4.68. The predicted molar refractivity (Wildman–Crippen MR) is 98.9 cm³/mol. The molecule has 5 nitrogen and oxygen atoms in total. The second kappa shape index (κ2) is 7.60. The van der Waals surface area contributed by atoms with Crippen LogP contribution >= 0.6 is 0 Å². The van der Waals surface area contributed by atoms with Gasteiger partial charge in [0.05, 0.1) is 6.20 Å². The van der Waals surface area contributed by atoms with E-state index in [1.807, 2.05) is 0 Å². The number of rotatable bonds is 5. The Balaban J connectivity index is 1.77. The Morgan fingerprint density at radius 3 is 2.67 bits per heavy atom. The minimum atomic E-state index is 0.446. The summed E-state index contributed by atoms with van der Waals surface area (Å²) in [4.78, 5) is 4.61. The van der Waals surface area contributed by atoms with Gasteiger partial charge >= 0.3 is 0 Å². The van der Waals surface area contributed by atoms with E-state index in [9.17, 15) is 0 Å². The summed E-state index contributed by atoms with van der Waals surface area (Å²) < 4.78 is 0. The van der Waals surface area contributed by atoms with Crippen LogP contribution in [0.25, 0.3) is 0 Å². The molecule has 1 aliphatic rings. The average Bonchev–Trinajstić information content (AvgIpc) is 2.58. The smallest absolute Gasteiger partial charge is 0.244 e. The monoisotopic (exact) mass is 325 g/mol. The lowest BCUT2D eigenvalue weighted by molar-refractivity contribution is 0.460. The van der Waals surface area contributed by atoms with Crippen LogP contribution in [0.15, 0.2) is 24.4 Å². The Kier molecular flexibility index (Phi) is 5.28. The van der Waals surface area contributed by atoms with Gasteiger partial charge in [0.25, 0.3) is 0 Å². The summed E-state index contributed by atoms with van der Waals surface area (Å²) in [7, 11) is 0. The van der Waals surface area contributed by atoms with E-state index in [4.69, 9.17) is 0 Å². The molecule has 0 aliphatic heterocycles. The van der Waals surface area contributed by atoms with Crippen molar-refractivity contribution in [1.82, 2.24) is 15.2 Å². The van der Waals surface area contributed by atoms with Gasteiger partial charge in [-0.2, -0.15) is 10.1 Å². The van der Waals surface area contributed by atoms with Crippen molar-refractivity contribution in [2.75, 3.05) is 10.6 Å². The molecular weight excluding hydrogens is 298 g/mol. The van der Waals surface area contributed by atoms with Gasteiger partial charge in [0.2, 0.25) is 5.95 Å². The molecular formula is C19H27N5. The third kappa shape index (κ3) is 4.02. The Hall–Kier alpha value is -2.17. The summed E-state index contributed by atoms with van der Waals surface area (Å²) in [5, 5.41) is 15.1. The Labute approximate surface area is 144 Å². The zero-order valence-electron chi connectivity index (χ0n) is 14.8. The van der Waals surface area contributed by atoms with Crippen molar-refractivity contribution in [2.24, 2.45) is 0 Å². The fourth-order valence-corrected chi connectivity index (χ4v) is 3.32. The zero-order chi connectivity index (χ0) is 16.9. The molecule has 0 atom stereocenters.